The summed E-state index contributed by atoms with van der Waals surface area (Å²) >= 11 is 0. The number of Topliss-reactive ketones (excluding diaryl/α,β-unsaturated/α-hetero) is 1. The van der Waals surface area contributed by atoms with Crippen molar-refractivity contribution in [2.24, 2.45) is 5.92 Å². The van der Waals surface area contributed by atoms with E-state index in [0.29, 0.717) is 25.8 Å². The van der Waals surface area contributed by atoms with E-state index in [1.165, 1.54) is 5.56 Å². The molecule has 3 aliphatic rings. The van der Waals surface area contributed by atoms with Crippen LogP contribution in [-0.4, -0.2) is 47.0 Å². The van der Waals surface area contributed by atoms with Gasteiger partial charge in [0.1, 0.15) is 5.78 Å². The van der Waals surface area contributed by atoms with Crippen LogP contribution in [0.1, 0.15) is 36.4 Å². The van der Waals surface area contributed by atoms with Crippen LogP contribution in [0.25, 0.3) is 0 Å². The standard InChI is InChI=1S/C18H20N2O3/c21-14-6-5-13(9-14)18(23)19-10-16-15-4-2-1-3-12(15)7-8-20(16)17(22)11-19/h1-4,13,16H,5-11H2/t13?,16-/m0/s1. The van der Waals surface area contributed by atoms with E-state index in [-0.39, 0.29) is 36.1 Å². The van der Waals surface area contributed by atoms with Gasteiger partial charge in [-0.1, -0.05) is 24.3 Å². The van der Waals surface area contributed by atoms with E-state index < -0.39 is 0 Å². The van der Waals surface area contributed by atoms with Crippen molar-refractivity contribution >= 4 is 17.6 Å². The van der Waals surface area contributed by atoms with Gasteiger partial charge in [0.2, 0.25) is 11.8 Å². The molecule has 2 amide bonds. The molecule has 23 heavy (non-hydrogen) atoms. The Hall–Kier alpha value is -2.17. The monoisotopic (exact) mass is 312 g/mol. The highest BCUT2D eigenvalue weighted by Gasteiger charge is 2.41. The molecule has 1 saturated heterocycles. The third-order valence-corrected chi connectivity index (χ3v) is 5.36. The first-order valence-electron chi connectivity index (χ1n) is 8.31. The normalized spacial score (nSPS) is 27.0. The fourth-order valence-electron chi connectivity index (χ4n) is 4.13. The van der Waals surface area contributed by atoms with Crippen LogP contribution in [0.3, 0.4) is 0 Å². The summed E-state index contributed by atoms with van der Waals surface area (Å²) in [7, 11) is 0. The van der Waals surface area contributed by atoms with E-state index in [2.05, 4.69) is 12.1 Å². The SMILES string of the molecule is O=C1CCC(C(=O)N2CC(=O)N3CCc4ccccc4[C@@H]3C2)C1. The van der Waals surface area contributed by atoms with Crippen LogP contribution in [0.15, 0.2) is 24.3 Å². The molecule has 4 rings (SSSR count). The lowest BCUT2D eigenvalue weighted by Crippen LogP contribution is -2.56. The van der Waals surface area contributed by atoms with Crippen LogP contribution in [0.4, 0.5) is 0 Å². The second kappa shape index (κ2) is 5.48. The summed E-state index contributed by atoms with van der Waals surface area (Å²) in [5.41, 5.74) is 2.43. The maximum Gasteiger partial charge on any atom is 0.242 e. The molecule has 5 nitrogen and oxygen atoms in total. The van der Waals surface area contributed by atoms with Crippen LogP contribution >= 0.6 is 0 Å². The minimum absolute atomic E-state index is 0.0214. The van der Waals surface area contributed by atoms with Crippen LogP contribution in [-0.2, 0) is 20.8 Å². The molecule has 0 spiro atoms. The van der Waals surface area contributed by atoms with Crippen molar-refractivity contribution in [2.45, 2.75) is 31.7 Å². The zero-order valence-electron chi connectivity index (χ0n) is 13.0. The Morgan fingerprint density at radius 1 is 1.13 bits per heavy atom. The van der Waals surface area contributed by atoms with Crippen molar-refractivity contribution in [1.82, 2.24) is 9.80 Å². The molecular formula is C18H20N2O3. The van der Waals surface area contributed by atoms with Gasteiger partial charge >= 0.3 is 0 Å². The van der Waals surface area contributed by atoms with E-state index in [1.54, 1.807) is 4.90 Å². The van der Waals surface area contributed by atoms with Gasteiger partial charge in [-0.25, -0.2) is 0 Å². The summed E-state index contributed by atoms with van der Waals surface area (Å²) in [6.45, 7) is 1.43. The molecule has 1 aromatic carbocycles. The average molecular weight is 312 g/mol. The quantitative estimate of drug-likeness (QED) is 0.786. The third-order valence-electron chi connectivity index (χ3n) is 5.36. The molecule has 1 aromatic rings. The van der Waals surface area contributed by atoms with Gasteiger partial charge in [0, 0.05) is 31.8 Å². The van der Waals surface area contributed by atoms with E-state index in [9.17, 15) is 14.4 Å². The van der Waals surface area contributed by atoms with Crippen molar-refractivity contribution in [3.8, 4) is 0 Å². The molecule has 1 aliphatic carbocycles. The van der Waals surface area contributed by atoms with Crippen molar-refractivity contribution in [3.05, 3.63) is 35.4 Å². The van der Waals surface area contributed by atoms with Crippen LogP contribution in [0.2, 0.25) is 0 Å². The first-order chi connectivity index (χ1) is 11.1. The summed E-state index contributed by atoms with van der Waals surface area (Å²) in [6.07, 6.45) is 2.35. The van der Waals surface area contributed by atoms with Gasteiger partial charge in [0.05, 0.1) is 12.6 Å². The first-order valence-corrected chi connectivity index (χ1v) is 8.31. The molecule has 2 aliphatic heterocycles. The van der Waals surface area contributed by atoms with E-state index >= 15 is 0 Å². The number of carbonyl (C=O) groups is 3. The fourth-order valence-corrected chi connectivity index (χ4v) is 4.13. The molecule has 0 radical (unpaired) electrons. The lowest BCUT2D eigenvalue weighted by Gasteiger charge is -2.45. The highest BCUT2D eigenvalue weighted by atomic mass is 16.2. The molecule has 5 heteroatoms. The van der Waals surface area contributed by atoms with E-state index in [0.717, 1.165) is 18.5 Å². The Morgan fingerprint density at radius 2 is 1.96 bits per heavy atom. The zero-order chi connectivity index (χ0) is 16.0. The van der Waals surface area contributed by atoms with Crippen molar-refractivity contribution in [1.29, 1.82) is 0 Å². The lowest BCUT2D eigenvalue weighted by molar-refractivity contribution is -0.151. The van der Waals surface area contributed by atoms with Gasteiger partial charge in [-0.2, -0.15) is 0 Å². The molecule has 0 bridgehead atoms. The molecule has 1 unspecified atom stereocenters. The average Bonchev–Trinajstić information content (AvgIpc) is 3.00. The number of hydrogen-bond donors (Lipinski definition) is 0. The van der Waals surface area contributed by atoms with Gasteiger partial charge < -0.3 is 9.80 Å². The fraction of sp³-hybridized carbons (Fsp3) is 0.500. The van der Waals surface area contributed by atoms with Crippen molar-refractivity contribution in [3.63, 3.8) is 0 Å². The molecule has 1 saturated carbocycles. The molecular weight excluding hydrogens is 292 g/mol. The zero-order valence-corrected chi connectivity index (χ0v) is 13.0. The molecule has 120 valence electrons. The molecule has 2 atom stereocenters. The lowest BCUT2D eigenvalue weighted by atomic mass is 9.90. The van der Waals surface area contributed by atoms with Crippen molar-refractivity contribution in [2.75, 3.05) is 19.6 Å². The number of piperazine rings is 1. The highest BCUT2D eigenvalue weighted by molar-refractivity contribution is 5.92. The van der Waals surface area contributed by atoms with Gasteiger partial charge in [-0.05, 0) is 24.0 Å². The maximum atomic E-state index is 12.7. The molecule has 0 N–H and O–H groups in total. The predicted octanol–water partition coefficient (Wildman–Crippen LogP) is 1.32. The molecule has 2 heterocycles. The summed E-state index contributed by atoms with van der Waals surface area (Å²) in [4.78, 5) is 40.2. The Kier molecular flexibility index (Phi) is 3.43. The van der Waals surface area contributed by atoms with Gasteiger partial charge in [0.15, 0.2) is 0 Å². The Balaban J connectivity index is 1.58. The van der Waals surface area contributed by atoms with Gasteiger partial charge in [-0.15, -0.1) is 0 Å². The molecule has 2 fully saturated rings. The predicted molar refractivity (Wildman–Crippen MR) is 83.5 cm³/mol. The topological polar surface area (TPSA) is 57.7 Å². The second-order valence-electron chi connectivity index (χ2n) is 6.75. The number of carbonyl (C=O) groups excluding carboxylic acids is 3. The third kappa shape index (κ3) is 2.44. The van der Waals surface area contributed by atoms with Gasteiger partial charge in [-0.3, -0.25) is 14.4 Å². The Labute approximate surface area is 135 Å². The van der Waals surface area contributed by atoms with E-state index in [1.807, 2.05) is 17.0 Å². The largest absolute Gasteiger partial charge is 0.332 e. The van der Waals surface area contributed by atoms with Crippen molar-refractivity contribution < 1.29 is 14.4 Å². The summed E-state index contributed by atoms with van der Waals surface area (Å²) in [5.74, 6) is -0.0580. The smallest absolute Gasteiger partial charge is 0.242 e. The Bertz CT molecular complexity index is 685. The number of fused-ring (bicyclic) bond motifs is 3. The maximum absolute atomic E-state index is 12.7. The number of ketones is 1. The number of rotatable bonds is 1. The number of amides is 2. The first kappa shape index (κ1) is 14.4. The number of hydrogen-bond acceptors (Lipinski definition) is 3. The Morgan fingerprint density at radius 3 is 2.74 bits per heavy atom. The summed E-state index contributed by atoms with van der Waals surface area (Å²) < 4.78 is 0. The van der Waals surface area contributed by atoms with E-state index in [4.69, 9.17) is 0 Å². The minimum Gasteiger partial charge on any atom is -0.332 e. The summed E-state index contributed by atoms with van der Waals surface area (Å²) in [5, 5.41) is 0. The van der Waals surface area contributed by atoms with Gasteiger partial charge in [0.25, 0.3) is 0 Å². The second-order valence-corrected chi connectivity index (χ2v) is 6.75. The van der Waals surface area contributed by atoms with Crippen LogP contribution in [0.5, 0.6) is 0 Å². The molecule has 0 aromatic heterocycles. The highest BCUT2D eigenvalue weighted by Crippen LogP contribution is 2.34. The summed E-state index contributed by atoms with van der Waals surface area (Å²) in [6, 6.07) is 8.14. The number of nitrogens with zero attached hydrogens (tertiary/aromatic N) is 2. The van der Waals surface area contributed by atoms with Crippen LogP contribution in [0, 0.1) is 5.92 Å². The minimum atomic E-state index is -0.222. The van der Waals surface area contributed by atoms with Crippen LogP contribution < -0.4 is 0 Å². The number of benzene rings is 1.